The highest BCUT2D eigenvalue weighted by molar-refractivity contribution is 6.00. The van der Waals surface area contributed by atoms with Crippen LogP contribution in [0.1, 0.15) is 18.9 Å². The smallest absolute Gasteiger partial charge is 0.311 e. The van der Waals surface area contributed by atoms with Gasteiger partial charge in [-0.3, -0.25) is 24.5 Å². The van der Waals surface area contributed by atoms with E-state index >= 15 is 0 Å². The van der Waals surface area contributed by atoms with Crippen molar-refractivity contribution in [2.24, 2.45) is 5.92 Å². The molecule has 0 saturated carbocycles. The molecule has 1 aliphatic rings. The number of rotatable bonds is 8. The summed E-state index contributed by atoms with van der Waals surface area (Å²) in [6.07, 6.45) is -0.0161. The average molecular weight is 441 g/mol. The molecule has 10 nitrogen and oxygen atoms in total. The number of carbonyl (C=O) groups is 3. The van der Waals surface area contributed by atoms with E-state index in [9.17, 15) is 24.5 Å². The van der Waals surface area contributed by atoms with Gasteiger partial charge in [0.2, 0.25) is 5.91 Å². The number of hydrogen-bond donors (Lipinski definition) is 1. The van der Waals surface area contributed by atoms with Gasteiger partial charge in [0.05, 0.1) is 17.4 Å². The Kier molecular flexibility index (Phi) is 7.04. The van der Waals surface area contributed by atoms with Crippen molar-refractivity contribution in [3.05, 3.63) is 58.1 Å². The summed E-state index contributed by atoms with van der Waals surface area (Å²) in [6, 6.07) is 11.2. The maximum absolute atomic E-state index is 12.4. The minimum absolute atomic E-state index is 0.0161. The Bertz CT molecular complexity index is 1040. The number of aryl methyl sites for hydroxylation is 1. The van der Waals surface area contributed by atoms with Crippen LogP contribution < -0.4 is 15.0 Å². The Balaban J connectivity index is 1.53. The zero-order valence-electron chi connectivity index (χ0n) is 17.7. The SMILES string of the molecule is CCOc1ccc(N2C[C@@H](C(=O)OCC(=O)Nc3ccc(C)c([N+](=O)[O-])c3)CC2=O)cc1. The molecule has 1 atom stereocenters. The van der Waals surface area contributed by atoms with Crippen molar-refractivity contribution in [1.29, 1.82) is 0 Å². The van der Waals surface area contributed by atoms with Crippen molar-refractivity contribution < 1.29 is 28.8 Å². The number of benzene rings is 2. The number of anilines is 2. The number of nitro benzene ring substituents is 1. The van der Waals surface area contributed by atoms with Gasteiger partial charge in [-0.2, -0.15) is 0 Å². The highest BCUT2D eigenvalue weighted by Crippen LogP contribution is 2.27. The van der Waals surface area contributed by atoms with E-state index in [0.29, 0.717) is 23.6 Å². The summed E-state index contributed by atoms with van der Waals surface area (Å²) < 4.78 is 10.4. The quantitative estimate of drug-likeness (QED) is 0.379. The van der Waals surface area contributed by atoms with E-state index in [1.165, 1.54) is 23.1 Å². The van der Waals surface area contributed by atoms with Crippen LogP contribution in [0.15, 0.2) is 42.5 Å². The summed E-state index contributed by atoms with van der Waals surface area (Å²) in [5, 5.41) is 13.5. The first-order valence-corrected chi connectivity index (χ1v) is 10.0. The molecule has 0 aliphatic carbocycles. The summed E-state index contributed by atoms with van der Waals surface area (Å²) in [6.45, 7) is 3.58. The molecule has 0 spiro atoms. The van der Waals surface area contributed by atoms with Gasteiger partial charge in [0, 0.05) is 36.0 Å². The second kappa shape index (κ2) is 9.90. The topological polar surface area (TPSA) is 128 Å². The monoisotopic (exact) mass is 441 g/mol. The van der Waals surface area contributed by atoms with Crippen LogP contribution in [0.2, 0.25) is 0 Å². The van der Waals surface area contributed by atoms with E-state index in [0.717, 1.165) is 0 Å². The van der Waals surface area contributed by atoms with Crippen molar-refractivity contribution in [2.45, 2.75) is 20.3 Å². The van der Waals surface area contributed by atoms with Crippen LogP contribution in [-0.2, 0) is 19.1 Å². The summed E-state index contributed by atoms with van der Waals surface area (Å²) in [7, 11) is 0. The van der Waals surface area contributed by atoms with Crippen LogP contribution in [0.4, 0.5) is 17.1 Å². The third-order valence-electron chi connectivity index (χ3n) is 4.95. The zero-order valence-corrected chi connectivity index (χ0v) is 17.7. The molecular weight excluding hydrogens is 418 g/mol. The lowest BCUT2D eigenvalue weighted by molar-refractivity contribution is -0.385. The molecule has 3 rings (SSSR count). The highest BCUT2D eigenvalue weighted by atomic mass is 16.6. The Morgan fingerprint density at radius 2 is 1.94 bits per heavy atom. The predicted molar refractivity (Wildman–Crippen MR) is 115 cm³/mol. The molecule has 1 fully saturated rings. The number of nitrogens with zero attached hydrogens (tertiary/aromatic N) is 2. The molecule has 2 aromatic carbocycles. The molecule has 168 valence electrons. The van der Waals surface area contributed by atoms with Gasteiger partial charge >= 0.3 is 5.97 Å². The minimum Gasteiger partial charge on any atom is -0.494 e. The Morgan fingerprint density at radius 1 is 1.22 bits per heavy atom. The Morgan fingerprint density at radius 3 is 2.59 bits per heavy atom. The number of esters is 1. The van der Waals surface area contributed by atoms with E-state index < -0.39 is 29.3 Å². The first kappa shape index (κ1) is 22.7. The van der Waals surface area contributed by atoms with E-state index in [-0.39, 0.29) is 30.2 Å². The largest absolute Gasteiger partial charge is 0.494 e. The minimum atomic E-state index is -0.692. The van der Waals surface area contributed by atoms with Gasteiger partial charge < -0.3 is 19.7 Å². The molecule has 1 saturated heterocycles. The van der Waals surface area contributed by atoms with Crippen LogP contribution >= 0.6 is 0 Å². The number of amides is 2. The first-order chi connectivity index (χ1) is 15.3. The summed E-state index contributed by atoms with van der Waals surface area (Å²) in [5.41, 5.74) is 1.20. The molecule has 2 aromatic rings. The lowest BCUT2D eigenvalue weighted by Gasteiger charge is -2.17. The van der Waals surface area contributed by atoms with Gasteiger partial charge in [0.1, 0.15) is 5.75 Å². The highest BCUT2D eigenvalue weighted by Gasteiger charge is 2.36. The Labute approximate surface area is 184 Å². The molecule has 2 amide bonds. The fourth-order valence-electron chi connectivity index (χ4n) is 3.34. The average Bonchev–Trinajstić information content (AvgIpc) is 3.15. The standard InChI is InChI=1S/C22H23N3O7/c1-3-31-18-8-6-17(7-9-18)24-12-15(10-21(24)27)22(28)32-13-20(26)23-16-5-4-14(2)19(11-16)25(29)30/h4-9,11,15H,3,10,12-13H2,1-2H3,(H,23,26)/t15-/m0/s1. The van der Waals surface area contributed by atoms with E-state index in [1.54, 1.807) is 31.2 Å². The lowest BCUT2D eigenvalue weighted by atomic mass is 10.1. The number of nitro groups is 1. The molecule has 0 bridgehead atoms. The molecule has 1 heterocycles. The number of carbonyl (C=O) groups excluding carboxylic acids is 3. The second-order valence-corrected chi connectivity index (χ2v) is 7.25. The molecule has 0 aromatic heterocycles. The zero-order chi connectivity index (χ0) is 23.3. The molecule has 0 radical (unpaired) electrons. The van der Waals surface area contributed by atoms with Crippen LogP contribution in [0.3, 0.4) is 0 Å². The molecule has 1 N–H and O–H groups in total. The van der Waals surface area contributed by atoms with Crippen molar-refractivity contribution in [3.8, 4) is 5.75 Å². The Hall–Kier alpha value is -3.95. The van der Waals surface area contributed by atoms with Gasteiger partial charge in [-0.25, -0.2) is 0 Å². The predicted octanol–water partition coefficient (Wildman–Crippen LogP) is 2.84. The van der Waals surface area contributed by atoms with Crippen LogP contribution in [0, 0.1) is 23.0 Å². The second-order valence-electron chi connectivity index (χ2n) is 7.25. The van der Waals surface area contributed by atoms with Gasteiger partial charge in [0.25, 0.3) is 11.6 Å². The first-order valence-electron chi connectivity index (χ1n) is 10.0. The van der Waals surface area contributed by atoms with Crippen molar-refractivity contribution >= 4 is 34.8 Å². The van der Waals surface area contributed by atoms with Gasteiger partial charge in [-0.15, -0.1) is 0 Å². The van der Waals surface area contributed by atoms with E-state index in [2.05, 4.69) is 5.32 Å². The third-order valence-corrected chi connectivity index (χ3v) is 4.95. The van der Waals surface area contributed by atoms with E-state index in [4.69, 9.17) is 9.47 Å². The van der Waals surface area contributed by atoms with Crippen molar-refractivity contribution in [3.63, 3.8) is 0 Å². The van der Waals surface area contributed by atoms with Gasteiger partial charge in [-0.1, -0.05) is 6.07 Å². The molecule has 1 aliphatic heterocycles. The van der Waals surface area contributed by atoms with Crippen molar-refractivity contribution in [2.75, 3.05) is 30.0 Å². The third kappa shape index (κ3) is 5.39. The van der Waals surface area contributed by atoms with E-state index in [1.807, 2.05) is 6.92 Å². The normalized spacial score (nSPS) is 15.4. The summed E-state index contributed by atoms with van der Waals surface area (Å²) in [4.78, 5) is 48.8. The van der Waals surface area contributed by atoms with Crippen molar-refractivity contribution in [1.82, 2.24) is 0 Å². The fourth-order valence-corrected chi connectivity index (χ4v) is 3.34. The summed E-state index contributed by atoms with van der Waals surface area (Å²) in [5.74, 6) is -1.51. The molecular formula is C22H23N3O7. The fraction of sp³-hybridized carbons (Fsp3) is 0.318. The maximum atomic E-state index is 12.4. The molecule has 0 unspecified atom stereocenters. The van der Waals surface area contributed by atoms with Gasteiger partial charge in [-0.05, 0) is 44.2 Å². The molecule has 32 heavy (non-hydrogen) atoms. The van der Waals surface area contributed by atoms with Crippen LogP contribution in [0.5, 0.6) is 5.75 Å². The number of nitrogens with one attached hydrogen (secondary N) is 1. The molecule has 10 heteroatoms. The van der Waals surface area contributed by atoms with Crippen LogP contribution in [-0.4, -0.2) is 42.5 Å². The number of ether oxygens (including phenoxy) is 2. The maximum Gasteiger partial charge on any atom is 0.311 e. The lowest BCUT2D eigenvalue weighted by Crippen LogP contribution is -2.28. The van der Waals surface area contributed by atoms with Crippen LogP contribution in [0.25, 0.3) is 0 Å². The van der Waals surface area contributed by atoms with Gasteiger partial charge in [0.15, 0.2) is 6.61 Å². The summed E-state index contributed by atoms with van der Waals surface area (Å²) >= 11 is 0. The number of hydrogen-bond acceptors (Lipinski definition) is 7.